The normalized spacial score (nSPS) is 15.3. The molecule has 1 N–H and O–H groups in total. The lowest BCUT2D eigenvalue weighted by Crippen LogP contribution is -2.44. The highest BCUT2D eigenvalue weighted by Gasteiger charge is 2.30. The van der Waals surface area contributed by atoms with Crippen LogP contribution in [0, 0.1) is 0 Å². The Balaban J connectivity index is 1.49. The summed E-state index contributed by atoms with van der Waals surface area (Å²) in [4.78, 5) is 26.1. The van der Waals surface area contributed by atoms with Gasteiger partial charge in [0.25, 0.3) is 5.91 Å². The van der Waals surface area contributed by atoms with E-state index in [4.69, 9.17) is 14.2 Å². The Bertz CT molecular complexity index is 866. The molecule has 0 saturated carbocycles. The average Bonchev–Trinajstić information content (AvgIpc) is 2.73. The number of likely N-dealkylation sites (N-methyl/N-ethyl adjacent to an activating group) is 1. The van der Waals surface area contributed by atoms with E-state index in [0.29, 0.717) is 37.4 Å². The van der Waals surface area contributed by atoms with Crippen molar-refractivity contribution in [1.82, 2.24) is 0 Å². The Morgan fingerprint density at radius 1 is 1.17 bits per heavy atom. The number of amides is 2. The van der Waals surface area contributed by atoms with Gasteiger partial charge in [-0.2, -0.15) is 0 Å². The first kappa shape index (κ1) is 20.5. The lowest BCUT2D eigenvalue weighted by Gasteiger charge is -2.32. The van der Waals surface area contributed by atoms with Gasteiger partial charge in [-0.25, -0.2) is 0 Å². The van der Waals surface area contributed by atoms with Gasteiger partial charge in [0, 0.05) is 24.7 Å². The van der Waals surface area contributed by atoms with E-state index in [1.807, 2.05) is 31.2 Å². The molecule has 154 valence electrons. The van der Waals surface area contributed by atoms with Gasteiger partial charge in [0.15, 0.2) is 6.10 Å². The molecule has 1 heterocycles. The van der Waals surface area contributed by atoms with E-state index in [-0.39, 0.29) is 11.8 Å². The van der Waals surface area contributed by atoms with Crippen molar-refractivity contribution in [1.29, 1.82) is 0 Å². The van der Waals surface area contributed by atoms with Crippen LogP contribution in [-0.2, 0) is 9.59 Å². The van der Waals surface area contributed by atoms with Crippen molar-refractivity contribution in [2.45, 2.75) is 32.8 Å². The molecule has 3 rings (SSSR count). The van der Waals surface area contributed by atoms with Crippen molar-refractivity contribution in [3.8, 4) is 17.2 Å². The van der Waals surface area contributed by atoms with E-state index in [9.17, 15) is 9.59 Å². The predicted molar refractivity (Wildman–Crippen MR) is 111 cm³/mol. The summed E-state index contributed by atoms with van der Waals surface area (Å²) in [5, 5.41) is 2.87. The molecule has 2 amide bonds. The molecule has 0 radical (unpaired) electrons. The number of carbonyl (C=O) groups is 2. The average molecular weight is 398 g/mol. The smallest absolute Gasteiger partial charge is 0.267 e. The van der Waals surface area contributed by atoms with Gasteiger partial charge in [-0.15, -0.1) is 0 Å². The van der Waals surface area contributed by atoms with Crippen molar-refractivity contribution in [3.63, 3.8) is 0 Å². The second kappa shape index (κ2) is 9.32. The Hall–Kier alpha value is -3.22. The lowest BCUT2D eigenvalue weighted by atomic mass is 10.1. The molecule has 0 bridgehead atoms. The van der Waals surface area contributed by atoms with Crippen LogP contribution in [0.2, 0.25) is 0 Å². The number of fused-ring (bicyclic) bond motifs is 1. The highest BCUT2D eigenvalue weighted by atomic mass is 16.5. The second-order valence-electron chi connectivity index (χ2n) is 6.70. The minimum absolute atomic E-state index is 0.0614. The summed E-state index contributed by atoms with van der Waals surface area (Å²) in [5.41, 5.74) is 1.36. The Morgan fingerprint density at radius 3 is 2.59 bits per heavy atom. The zero-order valence-electron chi connectivity index (χ0n) is 16.9. The van der Waals surface area contributed by atoms with E-state index in [1.54, 1.807) is 37.1 Å². The molecule has 0 spiro atoms. The Kier molecular flexibility index (Phi) is 6.59. The molecule has 0 fully saturated rings. The van der Waals surface area contributed by atoms with E-state index in [1.165, 1.54) is 0 Å². The number of benzene rings is 2. The number of methoxy groups -OCH3 is 1. The lowest BCUT2D eigenvalue weighted by molar-refractivity contribution is -0.125. The summed E-state index contributed by atoms with van der Waals surface area (Å²) in [5.74, 6) is 1.94. The maximum Gasteiger partial charge on any atom is 0.267 e. The topological polar surface area (TPSA) is 77.1 Å². The first-order chi connectivity index (χ1) is 14.0. The van der Waals surface area contributed by atoms with Crippen molar-refractivity contribution in [2.75, 3.05) is 30.5 Å². The molecule has 1 unspecified atom stereocenters. The third-order valence-corrected chi connectivity index (χ3v) is 4.64. The van der Waals surface area contributed by atoms with Gasteiger partial charge >= 0.3 is 0 Å². The van der Waals surface area contributed by atoms with Crippen LogP contribution in [0.3, 0.4) is 0 Å². The van der Waals surface area contributed by atoms with Gasteiger partial charge in [0.05, 0.1) is 19.4 Å². The van der Waals surface area contributed by atoms with Crippen molar-refractivity contribution in [3.05, 3.63) is 42.5 Å². The molecule has 0 saturated heterocycles. The summed E-state index contributed by atoms with van der Waals surface area (Å²) >= 11 is 0. The minimum Gasteiger partial charge on any atom is -0.497 e. The molecule has 2 aromatic rings. The van der Waals surface area contributed by atoms with Crippen LogP contribution in [0.25, 0.3) is 0 Å². The maximum absolute atomic E-state index is 12.2. The fraction of sp³-hybridized carbons (Fsp3) is 0.364. The zero-order valence-corrected chi connectivity index (χ0v) is 16.9. The number of nitrogens with zero attached hydrogens (tertiary/aromatic N) is 1. The van der Waals surface area contributed by atoms with Crippen molar-refractivity contribution >= 4 is 23.2 Å². The number of hydrogen-bond acceptors (Lipinski definition) is 5. The molecule has 1 aliphatic heterocycles. The number of hydrogen-bond donors (Lipinski definition) is 1. The molecular weight excluding hydrogens is 372 g/mol. The van der Waals surface area contributed by atoms with Crippen molar-refractivity contribution in [2.24, 2.45) is 0 Å². The largest absolute Gasteiger partial charge is 0.497 e. The van der Waals surface area contributed by atoms with Gasteiger partial charge in [-0.1, -0.05) is 0 Å². The second-order valence-corrected chi connectivity index (χ2v) is 6.70. The van der Waals surface area contributed by atoms with Crippen LogP contribution in [0.1, 0.15) is 26.7 Å². The molecule has 29 heavy (non-hydrogen) atoms. The highest BCUT2D eigenvalue weighted by molar-refractivity contribution is 6.00. The maximum atomic E-state index is 12.2. The van der Waals surface area contributed by atoms with Crippen LogP contribution in [-0.4, -0.2) is 38.2 Å². The third kappa shape index (κ3) is 4.99. The van der Waals surface area contributed by atoms with Gasteiger partial charge < -0.3 is 24.4 Å². The van der Waals surface area contributed by atoms with Crippen LogP contribution in [0.5, 0.6) is 17.2 Å². The zero-order chi connectivity index (χ0) is 20.8. The molecular formula is C22H26N2O5. The third-order valence-electron chi connectivity index (χ3n) is 4.64. The van der Waals surface area contributed by atoms with E-state index >= 15 is 0 Å². The molecule has 0 aliphatic carbocycles. The molecule has 1 atom stereocenters. The highest BCUT2D eigenvalue weighted by Crippen LogP contribution is 2.36. The van der Waals surface area contributed by atoms with Gasteiger partial charge in [-0.05, 0) is 56.7 Å². The first-order valence-corrected chi connectivity index (χ1v) is 9.70. The summed E-state index contributed by atoms with van der Waals surface area (Å²) in [6, 6.07) is 12.6. The fourth-order valence-electron chi connectivity index (χ4n) is 3.13. The Labute approximate surface area is 170 Å². The van der Waals surface area contributed by atoms with E-state index < -0.39 is 6.10 Å². The SMILES string of the molecule is CCN1C(=O)C(C)Oc2cc(NC(=O)CCCOc3ccc(OC)cc3)ccc21. The monoisotopic (exact) mass is 398 g/mol. The van der Waals surface area contributed by atoms with E-state index in [2.05, 4.69) is 5.32 Å². The molecule has 0 aromatic heterocycles. The number of rotatable bonds is 8. The van der Waals surface area contributed by atoms with Crippen LogP contribution < -0.4 is 24.4 Å². The Morgan fingerprint density at radius 2 is 1.90 bits per heavy atom. The predicted octanol–water partition coefficient (Wildman–Crippen LogP) is 3.63. The van der Waals surface area contributed by atoms with Crippen LogP contribution in [0.15, 0.2) is 42.5 Å². The fourth-order valence-corrected chi connectivity index (χ4v) is 3.13. The standard InChI is InChI=1S/C22H26N2O5/c1-4-24-19-12-7-16(14-20(19)29-15(2)22(24)26)23-21(25)6-5-13-28-18-10-8-17(27-3)9-11-18/h7-12,14-15H,4-6,13H2,1-3H3,(H,23,25). The number of ether oxygens (including phenoxy) is 3. The van der Waals surface area contributed by atoms with Gasteiger partial charge in [0.2, 0.25) is 5.91 Å². The quantitative estimate of drug-likeness (QED) is 0.687. The van der Waals surface area contributed by atoms with Crippen molar-refractivity contribution < 1.29 is 23.8 Å². The molecule has 7 heteroatoms. The minimum atomic E-state index is -0.538. The molecule has 2 aromatic carbocycles. The first-order valence-electron chi connectivity index (χ1n) is 9.70. The van der Waals surface area contributed by atoms with Gasteiger partial charge in [0.1, 0.15) is 17.2 Å². The summed E-state index contributed by atoms with van der Waals surface area (Å²) in [7, 11) is 1.61. The number of carbonyl (C=O) groups excluding carboxylic acids is 2. The number of nitrogens with one attached hydrogen (secondary N) is 1. The summed E-state index contributed by atoms with van der Waals surface area (Å²) < 4.78 is 16.4. The molecule has 1 aliphatic rings. The number of anilines is 2. The van der Waals surface area contributed by atoms with Crippen LogP contribution in [0.4, 0.5) is 11.4 Å². The summed E-state index contributed by atoms with van der Waals surface area (Å²) in [6.07, 6.45) is 0.391. The van der Waals surface area contributed by atoms with E-state index in [0.717, 1.165) is 17.2 Å². The summed E-state index contributed by atoms with van der Waals surface area (Å²) in [6.45, 7) is 4.66. The van der Waals surface area contributed by atoms with Crippen LogP contribution >= 0.6 is 0 Å². The molecule has 7 nitrogen and oxygen atoms in total. The van der Waals surface area contributed by atoms with Gasteiger partial charge in [-0.3, -0.25) is 9.59 Å².